The van der Waals surface area contributed by atoms with Crippen LogP contribution in [0.5, 0.6) is 0 Å². The molecular formula is C17H14FNO. The van der Waals surface area contributed by atoms with Gasteiger partial charge in [-0.1, -0.05) is 36.4 Å². The molecule has 0 aliphatic carbocycles. The van der Waals surface area contributed by atoms with Crippen molar-refractivity contribution in [3.05, 3.63) is 71.2 Å². The molecule has 2 aromatic carbocycles. The van der Waals surface area contributed by atoms with Crippen LogP contribution < -0.4 is 5.32 Å². The normalized spacial score (nSPS) is 18.1. The largest absolute Gasteiger partial charge is 0.456 e. The number of halogens is 1. The molecule has 3 aromatic rings. The number of furan rings is 1. The summed E-state index contributed by atoms with van der Waals surface area (Å²) in [6.07, 6.45) is 1.02. The molecular weight excluding hydrogens is 253 g/mol. The highest BCUT2D eigenvalue weighted by molar-refractivity contribution is 5.78. The van der Waals surface area contributed by atoms with Crippen LogP contribution in [0.3, 0.4) is 0 Å². The van der Waals surface area contributed by atoms with E-state index in [4.69, 9.17) is 4.42 Å². The molecule has 0 spiro atoms. The third-order valence-corrected chi connectivity index (χ3v) is 3.91. The molecule has 2 heterocycles. The first-order valence-corrected chi connectivity index (χ1v) is 6.82. The van der Waals surface area contributed by atoms with Crippen LogP contribution in [0.25, 0.3) is 11.0 Å². The molecule has 1 N–H and O–H groups in total. The molecule has 0 radical (unpaired) electrons. The van der Waals surface area contributed by atoms with Gasteiger partial charge in [-0.25, -0.2) is 4.39 Å². The van der Waals surface area contributed by atoms with Gasteiger partial charge in [0, 0.05) is 11.9 Å². The monoisotopic (exact) mass is 267 g/mol. The van der Waals surface area contributed by atoms with Crippen LogP contribution in [0.15, 0.2) is 52.9 Å². The summed E-state index contributed by atoms with van der Waals surface area (Å²) in [5.41, 5.74) is 2.89. The second-order valence-electron chi connectivity index (χ2n) is 5.14. The lowest BCUT2D eigenvalue weighted by Crippen LogP contribution is -2.30. The fourth-order valence-corrected chi connectivity index (χ4v) is 2.95. The highest BCUT2D eigenvalue weighted by atomic mass is 19.1. The van der Waals surface area contributed by atoms with E-state index < -0.39 is 0 Å². The van der Waals surface area contributed by atoms with E-state index >= 15 is 0 Å². The summed E-state index contributed by atoms with van der Waals surface area (Å²) in [4.78, 5) is 0. The van der Waals surface area contributed by atoms with E-state index in [2.05, 4.69) is 23.5 Å². The molecule has 1 aromatic heterocycles. The Labute approximate surface area is 116 Å². The van der Waals surface area contributed by atoms with Crippen LogP contribution in [-0.2, 0) is 6.42 Å². The maximum Gasteiger partial charge on any atom is 0.169 e. The maximum atomic E-state index is 13.7. The standard InChI is InChI=1S/C17H14FNO/c18-14-7-3-5-12-10-15(20-17(12)14)16-13-6-2-1-4-11(13)8-9-19-16/h1-7,10,16,19H,8-9H2. The van der Waals surface area contributed by atoms with Crippen molar-refractivity contribution in [1.82, 2.24) is 5.32 Å². The number of hydrogen-bond acceptors (Lipinski definition) is 2. The number of para-hydroxylation sites is 1. The Bertz CT molecular complexity index is 778. The predicted octanol–water partition coefficient (Wildman–Crippen LogP) is 3.81. The summed E-state index contributed by atoms with van der Waals surface area (Å²) >= 11 is 0. The average Bonchev–Trinajstić information content (AvgIpc) is 2.92. The molecule has 0 bridgehead atoms. The minimum atomic E-state index is -0.308. The van der Waals surface area contributed by atoms with Gasteiger partial charge in [0.25, 0.3) is 0 Å². The third kappa shape index (κ3) is 1.74. The molecule has 20 heavy (non-hydrogen) atoms. The quantitative estimate of drug-likeness (QED) is 0.725. The molecule has 1 unspecified atom stereocenters. The van der Waals surface area contributed by atoms with E-state index in [0.29, 0.717) is 5.58 Å². The van der Waals surface area contributed by atoms with Crippen molar-refractivity contribution in [3.63, 3.8) is 0 Å². The summed E-state index contributed by atoms with van der Waals surface area (Å²) in [7, 11) is 0. The number of fused-ring (bicyclic) bond motifs is 2. The lowest BCUT2D eigenvalue weighted by atomic mass is 9.93. The molecule has 0 saturated heterocycles. The molecule has 0 fully saturated rings. The van der Waals surface area contributed by atoms with E-state index in [-0.39, 0.29) is 11.9 Å². The summed E-state index contributed by atoms with van der Waals surface area (Å²) in [6, 6.07) is 15.3. The minimum Gasteiger partial charge on any atom is -0.456 e. The molecule has 0 saturated carbocycles. The van der Waals surface area contributed by atoms with Gasteiger partial charge in [-0.15, -0.1) is 0 Å². The zero-order valence-electron chi connectivity index (χ0n) is 10.9. The predicted molar refractivity (Wildman–Crippen MR) is 76.2 cm³/mol. The zero-order chi connectivity index (χ0) is 13.5. The summed E-state index contributed by atoms with van der Waals surface area (Å²) in [5, 5.41) is 4.27. The van der Waals surface area contributed by atoms with Crippen molar-refractivity contribution < 1.29 is 8.81 Å². The van der Waals surface area contributed by atoms with Gasteiger partial charge in [0.1, 0.15) is 5.76 Å². The van der Waals surface area contributed by atoms with Gasteiger partial charge in [-0.05, 0) is 29.7 Å². The van der Waals surface area contributed by atoms with Crippen molar-refractivity contribution in [2.24, 2.45) is 0 Å². The van der Waals surface area contributed by atoms with Crippen LogP contribution in [0, 0.1) is 5.82 Å². The Hall–Kier alpha value is -2.13. The minimum absolute atomic E-state index is 0.00625. The Morgan fingerprint density at radius 2 is 2.00 bits per heavy atom. The van der Waals surface area contributed by atoms with Gasteiger partial charge >= 0.3 is 0 Å². The zero-order valence-corrected chi connectivity index (χ0v) is 10.9. The fourth-order valence-electron chi connectivity index (χ4n) is 2.95. The van der Waals surface area contributed by atoms with Crippen molar-refractivity contribution >= 4 is 11.0 Å². The van der Waals surface area contributed by atoms with Gasteiger partial charge in [-0.2, -0.15) is 0 Å². The number of rotatable bonds is 1. The van der Waals surface area contributed by atoms with Crippen LogP contribution in [0.2, 0.25) is 0 Å². The second-order valence-corrected chi connectivity index (χ2v) is 5.14. The van der Waals surface area contributed by atoms with E-state index in [1.807, 2.05) is 18.2 Å². The van der Waals surface area contributed by atoms with Crippen LogP contribution >= 0.6 is 0 Å². The van der Waals surface area contributed by atoms with Crippen LogP contribution in [-0.4, -0.2) is 6.54 Å². The van der Waals surface area contributed by atoms with Crippen molar-refractivity contribution in [2.45, 2.75) is 12.5 Å². The molecule has 1 atom stereocenters. The molecule has 100 valence electrons. The van der Waals surface area contributed by atoms with Crippen LogP contribution in [0.1, 0.15) is 22.9 Å². The first kappa shape index (κ1) is 11.7. The Balaban J connectivity index is 1.86. The van der Waals surface area contributed by atoms with Gasteiger partial charge in [0.05, 0.1) is 6.04 Å². The van der Waals surface area contributed by atoms with E-state index in [1.54, 1.807) is 6.07 Å². The van der Waals surface area contributed by atoms with Gasteiger partial charge in [0.15, 0.2) is 11.4 Å². The molecule has 2 nitrogen and oxygen atoms in total. The maximum absolute atomic E-state index is 13.7. The van der Waals surface area contributed by atoms with Crippen LogP contribution in [0.4, 0.5) is 4.39 Å². The van der Waals surface area contributed by atoms with Crippen molar-refractivity contribution in [3.8, 4) is 0 Å². The average molecular weight is 267 g/mol. The fraction of sp³-hybridized carbons (Fsp3) is 0.176. The van der Waals surface area contributed by atoms with Crippen molar-refractivity contribution in [2.75, 3.05) is 6.54 Å². The molecule has 1 aliphatic heterocycles. The summed E-state index contributed by atoms with van der Waals surface area (Å²) in [6.45, 7) is 0.904. The van der Waals surface area contributed by atoms with E-state index in [9.17, 15) is 4.39 Å². The van der Waals surface area contributed by atoms with E-state index in [1.165, 1.54) is 17.2 Å². The Morgan fingerprint density at radius 1 is 1.10 bits per heavy atom. The van der Waals surface area contributed by atoms with E-state index in [0.717, 1.165) is 24.1 Å². The second kappa shape index (κ2) is 4.46. The number of nitrogens with one attached hydrogen (secondary N) is 1. The topological polar surface area (TPSA) is 25.2 Å². The molecule has 0 amide bonds. The van der Waals surface area contributed by atoms with Gasteiger partial charge < -0.3 is 9.73 Å². The SMILES string of the molecule is Fc1cccc2cc(C3NCCc4ccccc43)oc12. The molecule has 3 heteroatoms. The third-order valence-electron chi connectivity index (χ3n) is 3.91. The lowest BCUT2D eigenvalue weighted by molar-refractivity contribution is 0.447. The number of benzene rings is 2. The first-order valence-electron chi connectivity index (χ1n) is 6.82. The van der Waals surface area contributed by atoms with Crippen molar-refractivity contribution in [1.29, 1.82) is 0 Å². The molecule has 4 rings (SSSR count). The van der Waals surface area contributed by atoms with Gasteiger partial charge in [0.2, 0.25) is 0 Å². The first-order chi connectivity index (χ1) is 9.83. The smallest absolute Gasteiger partial charge is 0.169 e. The Kier molecular flexibility index (Phi) is 2.60. The lowest BCUT2D eigenvalue weighted by Gasteiger charge is -2.25. The molecule has 1 aliphatic rings. The highest BCUT2D eigenvalue weighted by Crippen LogP contribution is 2.32. The summed E-state index contributed by atoms with van der Waals surface area (Å²) in [5.74, 6) is 0.468. The summed E-state index contributed by atoms with van der Waals surface area (Å²) < 4.78 is 19.5. The number of hydrogen-bond donors (Lipinski definition) is 1. The Morgan fingerprint density at radius 3 is 2.90 bits per heavy atom. The van der Waals surface area contributed by atoms with Gasteiger partial charge in [-0.3, -0.25) is 0 Å². The highest BCUT2D eigenvalue weighted by Gasteiger charge is 2.24.